The zero-order valence-corrected chi connectivity index (χ0v) is 18.8. The van der Waals surface area contributed by atoms with E-state index >= 15 is 0 Å². The molecule has 0 saturated carbocycles. The zero-order chi connectivity index (χ0) is 23.9. The molecule has 0 bridgehead atoms. The van der Waals surface area contributed by atoms with Crippen molar-refractivity contribution in [1.82, 2.24) is 4.90 Å². The predicted octanol–water partition coefficient (Wildman–Crippen LogP) is 3.93. The molecule has 0 aliphatic carbocycles. The van der Waals surface area contributed by atoms with Crippen molar-refractivity contribution >= 4 is 27.6 Å². The molecule has 0 aromatic heterocycles. The van der Waals surface area contributed by atoms with E-state index in [0.717, 1.165) is 17.7 Å². The first-order valence-corrected chi connectivity index (χ1v) is 12.3. The summed E-state index contributed by atoms with van der Waals surface area (Å²) < 4.78 is 46.9. The average Bonchev–Trinajstić information content (AvgIpc) is 3.09. The number of rotatable bonds is 4. The number of carbonyl (C=O) groups excluding carboxylic acids is 2. The summed E-state index contributed by atoms with van der Waals surface area (Å²) in [4.78, 5) is 27.1. The van der Waals surface area contributed by atoms with E-state index in [0.29, 0.717) is 24.9 Å². The molecule has 5 rings (SSSR count). The highest BCUT2D eigenvalue weighted by Gasteiger charge is 2.48. The summed E-state index contributed by atoms with van der Waals surface area (Å²) in [5.74, 6) is -1.36. The molecular weight excluding hydrogens is 459 g/mol. The molecule has 3 aromatic carbocycles. The number of halogens is 1. The molecule has 1 amide bonds. The molecule has 34 heavy (non-hydrogen) atoms. The smallest absolute Gasteiger partial charge is 0.339 e. The quantitative estimate of drug-likeness (QED) is 0.572. The maximum absolute atomic E-state index is 13.5. The fourth-order valence-electron chi connectivity index (χ4n) is 4.59. The highest BCUT2D eigenvalue weighted by molar-refractivity contribution is 7.92. The zero-order valence-electron chi connectivity index (χ0n) is 18.0. The van der Waals surface area contributed by atoms with Gasteiger partial charge >= 0.3 is 5.97 Å². The lowest BCUT2D eigenvalue weighted by atomic mass is 9.85. The van der Waals surface area contributed by atoms with Crippen LogP contribution < -0.4 is 4.72 Å². The number of esters is 1. The lowest BCUT2D eigenvalue weighted by molar-refractivity contribution is -0.0442. The first-order chi connectivity index (χ1) is 16.3. The molecule has 3 aromatic rings. The first kappa shape index (κ1) is 22.1. The number of fused-ring (bicyclic) bond motifs is 2. The maximum Gasteiger partial charge on any atom is 0.339 e. The molecule has 0 radical (unpaired) electrons. The number of ether oxygens (including phenoxy) is 1. The van der Waals surface area contributed by atoms with Gasteiger partial charge in [0.15, 0.2) is 5.60 Å². The van der Waals surface area contributed by atoms with E-state index in [4.69, 9.17) is 4.74 Å². The first-order valence-electron chi connectivity index (χ1n) is 10.8. The van der Waals surface area contributed by atoms with Gasteiger partial charge in [0.05, 0.1) is 17.0 Å². The van der Waals surface area contributed by atoms with E-state index in [2.05, 4.69) is 4.72 Å². The SMILES string of the molecule is O=C1OC2(CCCN(C(=O)c3cccc(NS(=O)(=O)c4cccc(F)c4)c3)C2)c2ccccc21. The van der Waals surface area contributed by atoms with Crippen LogP contribution in [0.1, 0.15) is 39.1 Å². The van der Waals surface area contributed by atoms with Crippen molar-refractivity contribution in [1.29, 1.82) is 0 Å². The van der Waals surface area contributed by atoms with E-state index in [1.54, 1.807) is 29.2 Å². The van der Waals surface area contributed by atoms with Crippen molar-refractivity contribution < 1.29 is 27.1 Å². The molecule has 2 aliphatic rings. The van der Waals surface area contributed by atoms with Crippen LogP contribution in [0.3, 0.4) is 0 Å². The summed E-state index contributed by atoms with van der Waals surface area (Å²) in [7, 11) is -4.03. The van der Waals surface area contributed by atoms with Gasteiger partial charge in [-0.15, -0.1) is 0 Å². The van der Waals surface area contributed by atoms with Gasteiger partial charge in [0.2, 0.25) is 0 Å². The highest BCUT2D eigenvalue weighted by Crippen LogP contribution is 2.43. The molecule has 2 heterocycles. The number of hydrogen-bond acceptors (Lipinski definition) is 5. The Morgan fingerprint density at radius 3 is 2.65 bits per heavy atom. The van der Waals surface area contributed by atoms with Crippen LogP contribution in [0, 0.1) is 5.82 Å². The van der Waals surface area contributed by atoms with Crippen LogP contribution in [0.2, 0.25) is 0 Å². The van der Waals surface area contributed by atoms with E-state index in [1.807, 2.05) is 12.1 Å². The molecule has 1 unspecified atom stereocenters. The fraction of sp³-hybridized carbons (Fsp3) is 0.200. The number of nitrogens with zero attached hydrogens (tertiary/aromatic N) is 1. The third kappa shape index (κ3) is 3.92. The monoisotopic (exact) mass is 480 g/mol. The average molecular weight is 481 g/mol. The number of amides is 1. The number of benzene rings is 3. The molecule has 1 fully saturated rings. The summed E-state index contributed by atoms with van der Waals surface area (Å²) >= 11 is 0. The number of piperidine rings is 1. The van der Waals surface area contributed by atoms with Crippen molar-refractivity contribution in [3.05, 3.63) is 95.3 Å². The summed E-state index contributed by atoms with van der Waals surface area (Å²) in [6, 6.07) is 18.0. The standard InChI is InChI=1S/C25H21FN2O5S/c26-18-7-4-9-20(15-18)34(31,32)27-19-8-3-6-17(14-19)23(29)28-13-5-12-25(16-28)22-11-2-1-10-21(22)24(30)33-25/h1-4,6-11,14-15,27H,5,12-13,16H2. The Morgan fingerprint density at radius 1 is 1.03 bits per heavy atom. The Bertz CT molecular complexity index is 1410. The number of likely N-dealkylation sites (tertiary alicyclic amines) is 1. The molecule has 1 spiro atoms. The number of sulfonamides is 1. The molecule has 1 saturated heterocycles. The van der Waals surface area contributed by atoms with Gasteiger partial charge in [-0.25, -0.2) is 17.6 Å². The second-order valence-electron chi connectivity index (χ2n) is 8.40. The molecule has 9 heteroatoms. The Labute approximate surface area is 196 Å². The van der Waals surface area contributed by atoms with E-state index < -0.39 is 27.4 Å². The number of carbonyl (C=O) groups is 2. The molecule has 2 aliphatic heterocycles. The molecular formula is C25H21FN2O5S. The minimum Gasteiger partial charge on any atom is -0.449 e. The van der Waals surface area contributed by atoms with Gasteiger partial charge in [-0.2, -0.15) is 0 Å². The third-order valence-corrected chi connectivity index (χ3v) is 7.52. The predicted molar refractivity (Wildman–Crippen MR) is 122 cm³/mol. The number of hydrogen-bond donors (Lipinski definition) is 1. The lowest BCUT2D eigenvalue weighted by Crippen LogP contribution is -2.48. The van der Waals surface area contributed by atoms with Crippen LogP contribution in [0.15, 0.2) is 77.7 Å². The van der Waals surface area contributed by atoms with Gasteiger partial charge < -0.3 is 9.64 Å². The van der Waals surface area contributed by atoms with Crippen molar-refractivity contribution in [2.75, 3.05) is 17.8 Å². The van der Waals surface area contributed by atoms with Gasteiger partial charge in [-0.05, 0) is 55.3 Å². The van der Waals surface area contributed by atoms with Crippen molar-refractivity contribution in [3.8, 4) is 0 Å². The van der Waals surface area contributed by atoms with Crippen molar-refractivity contribution in [2.45, 2.75) is 23.3 Å². The third-order valence-electron chi connectivity index (χ3n) is 6.14. The normalized spacial score (nSPS) is 19.6. The summed E-state index contributed by atoms with van der Waals surface area (Å²) in [5.41, 5.74) is 0.895. The molecule has 174 valence electrons. The molecule has 1 atom stereocenters. The van der Waals surface area contributed by atoms with E-state index in [1.165, 1.54) is 24.3 Å². The van der Waals surface area contributed by atoms with Crippen LogP contribution >= 0.6 is 0 Å². The summed E-state index contributed by atoms with van der Waals surface area (Å²) in [6.07, 6.45) is 1.27. The second kappa shape index (κ2) is 8.25. The van der Waals surface area contributed by atoms with Crippen LogP contribution in [0.4, 0.5) is 10.1 Å². The van der Waals surface area contributed by atoms with E-state index in [9.17, 15) is 22.4 Å². The largest absolute Gasteiger partial charge is 0.449 e. The molecule has 7 nitrogen and oxygen atoms in total. The Balaban J connectivity index is 1.38. The fourth-order valence-corrected chi connectivity index (χ4v) is 5.67. The Hall–Kier alpha value is -3.72. The topological polar surface area (TPSA) is 92.8 Å². The van der Waals surface area contributed by atoms with Gasteiger partial charge in [0.1, 0.15) is 5.82 Å². The number of anilines is 1. The van der Waals surface area contributed by atoms with Gasteiger partial charge in [-0.1, -0.05) is 30.3 Å². The highest BCUT2D eigenvalue weighted by atomic mass is 32.2. The summed E-state index contributed by atoms with van der Waals surface area (Å²) in [5, 5.41) is 0. The van der Waals surface area contributed by atoms with E-state index in [-0.39, 0.29) is 28.6 Å². The van der Waals surface area contributed by atoms with Crippen molar-refractivity contribution in [3.63, 3.8) is 0 Å². The van der Waals surface area contributed by atoms with Crippen LogP contribution in [-0.2, 0) is 20.4 Å². The van der Waals surface area contributed by atoms with Gasteiger partial charge in [0.25, 0.3) is 15.9 Å². The Kier molecular flexibility index (Phi) is 5.36. The lowest BCUT2D eigenvalue weighted by Gasteiger charge is -2.39. The molecule has 1 N–H and O–H groups in total. The van der Waals surface area contributed by atoms with Gasteiger partial charge in [-0.3, -0.25) is 9.52 Å². The Morgan fingerprint density at radius 2 is 1.82 bits per heavy atom. The van der Waals surface area contributed by atoms with Crippen molar-refractivity contribution in [2.24, 2.45) is 0 Å². The van der Waals surface area contributed by atoms with Crippen LogP contribution in [-0.4, -0.2) is 38.3 Å². The van der Waals surface area contributed by atoms with Crippen LogP contribution in [0.25, 0.3) is 0 Å². The maximum atomic E-state index is 13.5. The van der Waals surface area contributed by atoms with Gasteiger partial charge in [0, 0.05) is 23.4 Å². The second-order valence-corrected chi connectivity index (χ2v) is 10.1. The minimum atomic E-state index is -4.03. The van der Waals surface area contributed by atoms with Crippen LogP contribution in [0.5, 0.6) is 0 Å². The minimum absolute atomic E-state index is 0.180. The summed E-state index contributed by atoms with van der Waals surface area (Å²) in [6.45, 7) is 0.702. The number of nitrogens with one attached hydrogen (secondary N) is 1.